The summed E-state index contributed by atoms with van der Waals surface area (Å²) in [7, 11) is -3.97. The van der Waals surface area contributed by atoms with Crippen molar-refractivity contribution in [2.45, 2.75) is 43.6 Å². The van der Waals surface area contributed by atoms with E-state index in [1.165, 1.54) is 6.92 Å². The van der Waals surface area contributed by atoms with Crippen molar-refractivity contribution in [1.29, 1.82) is 0 Å². The van der Waals surface area contributed by atoms with E-state index in [0.717, 1.165) is 49.9 Å². The van der Waals surface area contributed by atoms with E-state index in [0.29, 0.717) is 13.1 Å². The molecule has 1 amide bonds. The largest absolute Gasteiger partial charge is 0.452 e. The zero-order chi connectivity index (χ0) is 19.2. The first kappa shape index (κ1) is 20.3. The molecule has 0 bridgehead atoms. The molecule has 7 nitrogen and oxygen atoms in total. The Bertz CT molecular complexity index is 728. The van der Waals surface area contributed by atoms with Gasteiger partial charge in [0.05, 0.1) is 4.90 Å². The minimum absolute atomic E-state index is 0.166. The number of sulfonamides is 1. The number of halogens is 1. The number of carbonyl (C=O) groups is 2. The lowest BCUT2D eigenvalue weighted by atomic mass is 10.2. The lowest BCUT2D eigenvalue weighted by Gasteiger charge is -2.24. The maximum atomic E-state index is 12.9. The molecule has 9 heteroatoms. The van der Waals surface area contributed by atoms with Gasteiger partial charge in [0.1, 0.15) is 12.4 Å². The molecular weight excluding hydrogens is 363 g/mol. The second-order valence-electron chi connectivity index (χ2n) is 6.15. The molecule has 144 valence electrons. The van der Waals surface area contributed by atoms with Gasteiger partial charge < -0.3 is 9.64 Å². The first-order valence-electron chi connectivity index (χ1n) is 8.53. The average Bonchev–Trinajstić information content (AvgIpc) is 2.89. The lowest BCUT2D eigenvalue weighted by molar-refractivity contribution is -0.158. The number of hydrogen-bond acceptors (Lipinski definition) is 5. The van der Waals surface area contributed by atoms with Crippen LogP contribution in [-0.4, -0.2) is 50.9 Å². The number of benzene rings is 1. The molecule has 0 radical (unpaired) electrons. The number of nitrogens with zero attached hydrogens (tertiary/aromatic N) is 1. The molecule has 0 aliphatic carbocycles. The molecule has 1 aromatic rings. The quantitative estimate of drug-likeness (QED) is 0.747. The molecule has 1 aliphatic heterocycles. The van der Waals surface area contributed by atoms with Gasteiger partial charge in [-0.1, -0.05) is 12.8 Å². The minimum Gasteiger partial charge on any atom is -0.452 e. The highest BCUT2D eigenvalue weighted by atomic mass is 32.2. The lowest BCUT2D eigenvalue weighted by Crippen LogP contribution is -2.42. The molecule has 0 unspecified atom stereocenters. The van der Waals surface area contributed by atoms with Crippen molar-refractivity contribution in [2.75, 3.05) is 19.6 Å². The van der Waals surface area contributed by atoms with Crippen LogP contribution in [0, 0.1) is 5.82 Å². The van der Waals surface area contributed by atoms with E-state index < -0.39 is 34.5 Å². The Labute approximate surface area is 152 Å². The summed E-state index contributed by atoms with van der Waals surface area (Å²) in [5.41, 5.74) is 0. The predicted octanol–water partition coefficient (Wildman–Crippen LogP) is 1.44. The van der Waals surface area contributed by atoms with Gasteiger partial charge in [-0.3, -0.25) is 9.59 Å². The van der Waals surface area contributed by atoms with Gasteiger partial charge in [-0.2, -0.15) is 4.72 Å². The summed E-state index contributed by atoms with van der Waals surface area (Å²) in [5, 5.41) is 0. The van der Waals surface area contributed by atoms with E-state index >= 15 is 0 Å². The summed E-state index contributed by atoms with van der Waals surface area (Å²) < 4.78 is 44.1. The molecule has 1 heterocycles. The van der Waals surface area contributed by atoms with E-state index in [9.17, 15) is 22.4 Å². The number of amides is 1. The van der Waals surface area contributed by atoms with E-state index in [1.54, 1.807) is 4.90 Å². The van der Waals surface area contributed by atoms with Gasteiger partial charge in [0.2, 0.25) is 10.0 Å². The fraction of sp³-hybridized carbons (Fsp3) is 0.529. The second-order valence-corrected chi connectivity index (χ2v) is 7.92. The van der Waals surface area contributed by atoms with Gasteiger partial charge in [0, 0.05) is 13.1 Å². The summed E-state index contributed by atoms with van der Waals surface area (Å²) in [4.78, 5) is 25.7. The number of carbonyl (C=O) groups excluding carboxylic acids is 2. The highest BCUT2D eigenvalue weighted by Gasteiger charge is 2.25. The normalized spacial score (nSPS) is 16.6. The number of ether oxygens (including phenoxy) is 1. The monoisotopic (exact) mass is 386 g/mol. The fourth-order valence-corrected chi connectivity index (χ4v) is 3.66. The SMILES string of the molecule is C[C@H](OC(=O)CNS(=O)(=O)c1ccc(F)cc1)C(=O)N1CCCCCC1. The van der Waals surface area contributed by atoms with E-state index in [-0.39, 0.29) is 10.8 Å². The van der Waals surface area contributed by atoms with Crippen LogP contribution in [0.15, 0.2) is 29.2 Å². The van der Waals surface area contributed by atoms with E-state index in [1.807, 2.05) is 0 Å². The molecule has 1 fully saturated rings. The van der Waals surface area contributed by atoms with Crippen molar-refractivity contribution >= 4 is 21.9 Å². The Hall–Kier alpha value is -2.00. The zero-order valence-corrected chi connectivity index (χ0v) is 15.4. The van der Waals surface area contributed by atoms with Crippen molar-refractivity contribution in [3.63, 3.8) is 0 Å². The van der Waals surface area contributed by atoms with Crippen molar-refractivity contribution in [1.82, 2.24) is 9.62 Å². The standard InChI is InChI=1S/C17H23FN2O5S/c1-13(17(22)20-10-4-2-3-5-11-20)25-16(21)12-19-26(23,24)15-8-6-14(18)7-9-15/h6-9,13,19H,2-5,10-12H2,1H3/t13-/m0/s1. The maximum absolute atomic E-state index is 12.9. The molecule has 2 rings (SSSR count). The van der Waals surface area contributed by atoms with Gasteiger partial charge in [0.25, 0.3) is 5.91 Å². The van der Waals surface area contributed by atoms with Crippen LogP contribution in [0.2, 0.25) is 0 Å². The van der Waals surface area contributed by atoms with Crippen LogP contribution in [0.4, 0.5) is 4.39 Å². The van der Waals surface area contributed by atoms with Crippen LogP contribution in [0.25, 0.3) is 0 Å². The highest BCUT2D eigenvalue weighted by Crippen LogP contribution is 2.12. The second kappa shape index (κ2) is 9.09. The van der Waals surface area contributed by atoms with Crippen LogP contribution in [0.1, 0.15) is 32.6 Å². The van der Waals surface area contributed by atoms with Crippen molar-refractivity contribution in [2.24, 2.45) is 0 Å². The first-order valence-corrected chi connectivity index (χ1v) is 10.0. The van der Waals surface area contributed by atoms with Gasteiger partial charge in [-0.15, -0.1) is 0 Å². The molecule has 0 aromatic heterocycles. The van der Waals surface area contributed by atoms with E-state index in [4.69, 9.17) is 4.74 Å². The topological polar surface area (TPSA) is 92.8 Å². The van der Waals surface area contributed by atoms with Gasteiger partial charge >= 0.3 is 5.97 Å². The Balaban J connectivity index is 1.85. The van der Waals surface area contributed by atoms with Crippen molar-refractivity contribution < 1.29 is 27.1 Å². The number of likely N-dealkylation sites (tertiary alicyclic amines) is 1. The average molecular weight is 386 g/mol. The van der Waals surface area contributed by atoms with Crippen molar-refractivity contribution in [3.05, 3.63) is 30.1 Å². The molecule has 1 aliphatic rings. The number of esters is 1. The van der Waals surface area contributed by atoms with Crippen LogP contribution in [0.5, 0.6) is 0 Å². The van der Waals surface area contributed by atoms with E-state index in [2.05, 4.69) is 4.72 Å². The molecule has 1 saturated heterocycles. The van der Waals surface area contributed by atoms with Crippen LogP contribution in [-0.2, 0) is 24.3 Å². The maximum Gasteiger partial charge on any atom is 0.321 e. The fourth-order valence-electron chi connectivity index (χ4n) is 2.69. The van der Waals surface area contributed by atoms with Crippen LogP contribution < -0.4 is 4.72 Å². The summed E-state index contributed by atoms with van der Waals surface area (Å²) >= 11 is 0. The smallest absolute Gasteiger partial charge is 0.321 e. The summed E-state index contributed by atoms with van der Waals surface area (Å²) in [5.74, 6) is -1.70. The van der Waals surface area contributed by atoms with Gasteiger partial charge in [0.15, 0.2) is 6.10 Å². The molecule has 1 atom stereocenters. The molecule has 0 spiro atoms. The first-order chi connectivity index (χ1) is 12.3. The number of hydrogen-bond donors (Lipinski definition) is 1. The van der Waals surface area contributed by atoms with Gasteiger partial charge in [-0.05, 0) is 44.0 Å². The zero-order valence-electron chi connectivity index (χ0n) is 14.6. The molecular formula is C17H23FN2O5S. The third-order valence-corrected chi connectivity index (χ3v) is 5.52. The van der Waals surface area contributed by atoms with Gasteiger partial charge in [-0.25, -0.2) is 12.8 Å². The van der Waals surface area contributed by atoms with Crippen LogP contribution in [0.3, 0.4) is 0 Å². The Morgan fingerprint density at radius 2 is 1.73 bits per heavy atom. The number of nitrogens with one attached hydrogen (secondary N) is 1. The summed E-state index contributed by atoms with van der Waals surface area (Å²) in [6, 6.07) is 4.20. The molecule has 1 N–H and O–H groups in total. The minimum atomic E-state index is -3.97. The predicted molar refractivity (Wildman–Crippen MR) is 92.2 cm³/mol. The van der Waals surface area contributed by atoms with Crippen LogP contribution >= 0.6 is 0 Å². The Kier molecular flexibility index (Phi) is 7.10. The summed E-state index contributed by atoms with van der Waals surface area (Å²) in [6.45, 7) is 2.13. The third kappa shape index (κ3) is 5.77. The Morgan fingerprint density at radius 3 is 2.31 bits per heavy atom. The molecule has 26 heavy (non-hydrogen) atoms. The summed E-state index contributed by atoms with van der Waals surface area (Å²) in [6.07, 6.45) is 3.01. The number of rotatable bonds is 6. The Morgan fingerprint density at radius 1 is 1.15 bits per heavy atom. The van der Waals surface area contributed by atoms with Crippen molar-refractivity contribution in [3.8, 4) is 0 Å². The molecule has 1 aromatic carbocycles. The highest BCUT2D eigenvalue weighted by molar-refractivity contribution is 7.89. The molecule has 0 saturated carbocycles. The third-order valence-electron chi connectivity index (χ3n) is 4.10.